The Balaban J connectivity index is 2.10. The summed E-state index contributed by atoms with van der Waals surface area (Å²) in [7, 11) is 0. The van der Waals surface area contributed by atoms with Gasteiger partial charge in [-0.3, -0.25) is 4.79 Å². The third-order valence-electron chi connectivity index (χ3n) is 2.78. The molecule has 0 fully saturated rings. The van der Waals surface area contributed by atoms with Gasteiger partial charge in [-0.15, -0.1) is 0 Å². The van der Waals surface area contributed by atoms with E-state index < -0.39 is 18.3 Å². The number of carbonyl (C=O) groups excluding carboxylic acids is 1. The van der Waals surface area contributed by atoms with E-state index in [1.54, 1.807) is 6.92 Å². The van der Waals surface area contributed by atoms with Gasteiger partial charge >= 0.3 is 6.61 Å². The summed E-state index contributed by atoms with van der Waals surface area (Å²) >= 11 is 0. The van der Waals surface area contributed by atoms with E-state index in [1.807, 2.05) is 0 Å². The van der Waals surface area contributed by atoms with Gasteiger partial charge in [-0.2, -0.15) is 8.78 Å². The maximum absolute atomic E-state index is 13.2. The Morgan fingerprint density at radius 3 is 2.43 bits per heavy atom. The molecule has 0 saturated heterocycles. The lowest BCUT2D eigenvalue weighted by atomic mass is 10.1. The standard InChI is InChI=1S/C15H12F3NO2/c1-9-2-3-10(16)8-13(9)14(20)19-11-4-6-12(7-5-11)21-15(17)18/h2-8,15H,1H3,(H,19,20). The van der Waals surface area contributed by atoms with E-state index >= 15 is 0 Å². The van der Waals surface area contributed by atoms with E-state index in [2.05, 4.69) is 10.1 Å². The van der Waals surface area contributed by atoms with Crippen LogP contribution in [0.1, 0.15) is 15.9 Å². The van der Waals surface area contributed by atoms with Crippen LogP contribution in [0, 0.1) is 12.7 Å². The molecule has 0 aliphatic rings. The number of carbonyl (C=O) groups is 1. The average molecular weight is 295 g/mol. The van der Waals surface area contributed by atoms with E-state index in [1.165, 1.54) is 36.4 Å². The SMILES string of the molecule is Cc1ccc(F)cc1C(=O)Nc1ccc(OC(F)F)cc1. The maximum Gasteiger partial charge on any atom is 0.387 e. The highest BCUT2D eigenvalue weighted by Crippen LogP contribution is 2.19. The molecule has 1 N–H and O–H groups in total. The quantitative estimate of drug-likeness (QED) is 0.926. The predicted molar refractivity (Wildman–Crippen MR) is 72.2 cm³/mol. The van der Waals surface area contributed by atoms with Gasteiger partial charge in [-0.05, 0) is 48.9 Å². The van der Waals surface area contributed by atoms with Gasteiger partial charge in [-0.25, -0.2) is 4.39 Å². The van der Waals surface area contributed by atoms with Crippen LogP contribution in [0.5, 0.6) is 5.75 Å². The summed E-state index contributed by atoms with van der Waals surface area (Å²) in [5.41, 5.74) is 1.24. The fourth-order valence-corrected chi connectivity index (χ4v) is 1.76. The summed E-state index contributed by atoms with van der Waals surface area (Å²) in [4.78, 5) is 12.0. The van der Waals surface area contributed by atoms with Crippen molar-refractivity contribution in [3.05, 3.63) is 59.4 Å². The van der Waals surface area contributed by atoms with Gasteiger partial charge in [0, 0.05) is 11.3 Å². The van der Waals surface area contributed by atoms with Crippen molar-refractivity contribution in [2.24, 2.45) is 0 Å². The van der Waals surface area contributed by atoms with Crippen molar-refractivity contribution >= 4 is 11.6 Å². The first kappa shape index (κ1) is 14.9. The van der Waals surface area contributed by atoms with Crippen LogP contribution in [0.3, 0.4) is 0 Å². The first-order chi connectivity index (χ1) is 9.95. The molecule has 0 atom stereocenters. The molecule has 21 heavy (non-hydrogen) atoms. The van der Waals surface area contributed by atoms with E-state index in [-0.39, 0.29) is 11.3 Å². The van der Waals surface area contributed by atoms with Crippen LogP contribution in [-0.2, 0) is 0 Å². The zero-order valence-corrected chi connectivity index (χ0v) is 11.1. The smallest absolute Gasteiger partial charge is 0.387 e. The van der Waals surface area contributed by atoms with Crippen LogP contribution in [0.4, 0.5) is 18.9 Å². The zero-order chi connectivity index (χ0) is 15.4. The van der Waals surface area contributed by atoms with Crippen molar-refractivity contribution in [3.63, 3.8) is 0 Å². The molecule has 3 nitrogen and oxygen atoms in total. The van der Waals surface area contributed by atoms with Crippen LogP contribution in [0.2, 0.25) is 0 Å². The largest absolute Gasteiger partial charge is 0.435 e. The Morgan fingerprint density at radius 2 is 1.81 bits per heavy atom. The van der Waals surface area contributed by atoms with Crippen LogP contribution in [-0.4, -0.2) is 12.5 Å². The van der Waals surface area contributed by atoms with Crippen LogP contribution < -0.4 is 10.1 Å². The number of nitrogens with one attached hydrogen (secondary N) is 1. The predicted octanol–water partition coefficient (Wildman–Crippen LogP) is 3.99. The molecule has 0 bridgehead atoms. The molecule has 2 aromatic rings. The van der Waals surface area contributed by atoms with E-state index in [0.29, 0.717) is 11.3 Å². The molecule has 2 rings (SSSR count). The van der Waals surface area contributed by atoms with Crippen molar-refractivity contribution in [1.29, 1.82) is 0 Å². The fraction of sp³-hybridized carbons (Fsp3) is 0.133. The van der Waals surface area contributed by atoms with Gasteiger partial charge in [0.15, 0.2) is 0 Å². The molecule has 0 saturated carbocycles. The minimum absolute atomic E-state index is 0.00932. The molecule has 110 valence electrons. The Labute approximate surface area is 119 Å². The lowest BCUT2D eigenvalue weighted by Gasteiger charge is -2.09. The van der Waals surface area contributed by atoms with E-state index in [4.69, 9.17) is 0 Å². The molecule has 0 radical (unpaired) electrons. The van der Waals surface area contributed by atoms with Crippen molar-refractivity contribution in [2.45, 2.75) is 13.5 Å². The first-order valence-electron chi connectivity index (χ1n) is 6.08. The number of hydrogen-bond acceptors (Lipinski definition) is 2. The molecule has 0 unspecified atom stereocenters. The molecule has 0 aromatic heterocycles. The minimum atomic E-state index is -2.90. The summed E-state index contributed by atoms with van der Waals surface area (Å²) in [6.45, 7) is -1.21. The van der Waals surface area contributed by atoms with E-state index in [0.717, 1.165) is 6.07 Å². The summed E-state index contributed by atoms with van der Waals surface area (Å²) < 4.78 is 41.4. The van der Waals surface area contributed by atoms with Gasteiger partial charge in [-0.1, -0.05) is 6.07 Å². The molecule has 0 aliphatic heterocycles. The summed E-state index contributed by atoms with van der Waals surface area (Å²) in [6.07, 6.45) is 0. The molecular formula is C15H12F3NO2. The van der Waals surface area contributed by atoms with Crippen LogP contribution in [0.15, 0.2) is 42.5 Å². The number of hydrogen-bond donors (Lipinski definition) is 1. The lowest BCUT2D eigenvalue weighted by Crippen LogP contribution is -2.13. The monoisotopic (exact) mass is 295 g/mol. The Bertz CT molecular complexity index is 642. The van der Waals surface area contributed by atoms with Crippen molar-refractivity contribution < 1.29 is 22.7 Å². The zero-order valence-electron chi connectivity index (χ0n) is 11.1. The molecule has 0 heterocycles. The summed E-state index contributed by atoms with van der Waals surface area (Å²) in [6, 6.07) is 9.36. The topological polar surface area (TPSA) is 38.3 Å². The Hall–Kier alpha value is -2.50. The number of amides is 1. The van der Waals surface area contributed by atoms with Gasteiger partial charge in [0.05, 0.1) is 0 Å². The number of anilines is 1. The molecule has 0 aliphatic carbocycles. The van der Waals surface area contributed by atoms with E-state index in [9.17, 15) is 18.0 Å². The highest BCUT2D eigenvalue weighted by Gasteiger charge is 2.11. The third-order valence-corrected chi connectivity index (χ3v) is 2.78. The van der Waals surface area contributed by atoms with Crippen LogP contribution >= 0.6 is 0 Å². The minimum Gasteiger partial charge on any atom is -0.435 e. The van der Waals surface area contributed by atoms with Gasteiger partial charge < -0.3 is 10.1 Å². The number of aryl methyl sites for hydroxylation is 1. The Morgan fingerprint density at radius 1 is 1.14 bits per heavy atom. The molecular weight excluding hydrogens is 283 g/mol. The number of alkyl halides is 2. The normalized spacial score (nSPS) is 10.5. The number of halogens is 3. The molecule has 1 amide bonds. The second kappa shape index (κ2) is 6.30. The maximum atomic E-state index is 13.2. The van der Waals surface area contributed by atoms with Crippen molar-refractivity contribution in [1.82, 2.24) is 0 Å². The van der Waals surface area contributed by atoms with Gasteiger partial charge in [0.25, 0.3) is 5.91 Å². The lowest BCUT2D eigenvalue weighted by molar-refractivity contribution is -0.0498. The third kappa shape index (κ3) is 3.98. The van der Waals surface area contributed by atoms with Gasteiger partial charge in [0.2, 0.25) is 0 Å². The second-order valence-electron chi connectivity index (χ2n) is 4.32. The molecule has 2 aromatic carbocycles. The van der Waals surface area contributed by atoms with Crippen LogP contribution in [0.25, 0.3) is 0 Å². The Kier molecular flexibility index (Phi) is 4.47. The first-order valence-corrected chi connectivity index (χ1v) is 6.08. The fourth-order valence-electron chi connectivity index (χ4n) is 1.76. The number of benzene rings is 2. The molecule has 6 heteroatoms. The van der Waals surface area contributed by atoms with Crippen molar-refractivity contribution in [2.75, 3.05) is 5.32 Å². The highest BCUT2D eigenvalue weighted by atomic mass is 19.3. The summed E-state index contributed by atoms with van der Waals surface area (Å²) in [5, 5.41) is 2.56. The van der Waals surface area contributed by atoms with Gasteiger partial charge in [0.1, 0.15) is 11.6 Å². The van der Waals surface area contributed by atoms with Crippen molar-refractivity contribution in [3.8, 4) is 5.75 Å². The number of rotatable bonds is 4. The second-order valence-corrected chi connectivity index (χ2v) is 4.32. The number of ether oxygens (including phenoxy) is 1. The highest BCUT2D eigenvalue weighted by molar-refractivity contribution is 6.05. The molecule has 0 spiro atoms. The average Bonchev–Trinajstić information content (AvgIpc) is 2.43. The summed E-state index contributed by atoms with van der Waals surface area (Å²) in [5.74, 6) is -0.995.